The van der Waals surface area contributed by atoms with Crippen LogP contribution < -0.4 is 0 Å². The fourth-order valence-electron chi connectivity index (χ4n) is 3.73. The lowest BCUT2D eigenvalue weighted by molar-refractivity contribution is -0.129. The Morgan fingerprint density at radius 2 is 1.68 bits per heavy atom. The van der Waals surface area contributed by atoms with E-state index in [4.69, 9.17) is 0 Å². The molecule has 1 atom stereocenters. The fourth-order valence-corrected chi connectivity index (χ4v) is 3.73. The van der Waals surface area contributed by atoms with Crippen LogP contribution in [0.4, 0.5) is 0 Å². The van der Waals surface area contributed by atoms with Crippen LogP contribution in [0, 0.1) is 0 Å². The average molecular weight is 377 g/mol. The first-order valence-electron chi connectivity index (χ1n) is 9.96. The molecule has 1 heterocycles. The third-order valence-electron chi connectivity index (χ3n) is 5.26. The van der Waals surface area contributed by atoms with Crippen molar-refractivity contribution in [2.45, 2.75) is 45.6 Å². The van der Waals surface area contributed by atoms with Crippen LogP contribution >= 0.6 is 0 Å². The number of carbonyl (C=O) groups excluding carboxylic acids is 2. The van der Waals surface area contributed by atoms with Crippen molar-refractivity contribution in [1.29, 1.82) is 0 Å². The third kappa shape index (κ3) is 4.01. The zero-order chi connectivity index (χ0) is 20.1. The van der Waals surface area contributed by atoms with Crippen LogP contribution in [0.25, 0.3) is 0 Å². The summed E-state index contributed by atoms with van der Waals surface area (Å²) < 4.78 is 0. The number of hydrogen-bond donors (Lipinski definition) is 1. The molecule has 0 bridgehead atoms. The molecule has 4 heteroatoms. The minimum Gasteiger partial charge on any atom is -0.503 e. The van der Waals surface area contributed by atoms with E-state index in [-0.39, 0.29) is 17.8 Å². The van der Waals surface area contributed by atoms with Gasteiger partial charge < -0.3 is 10.0 Å². The zero-order valence-corrected chi connectivity index (χ0v) is 16.5. The first-order chi connectivity index (χ1) is 13.6. The Labute approximate surface area is 166 Å². The topological polar surface area (TPSA) is 57.6 Å². The van der Waals surface area contributed by atoms with Gasteiger partial charge in [-0.2, -0.15) is 0 Å². The fraction of sp³-hybridized carbons (Fsp3) is 0.333. The van der Waals surface area contributed by atoms with Gasteiger partial charge in [-0.1, -0.05) is 68.4 Å². The number of carbonyl (C=O) groups is 2. The highest BCUT2D eigenvalue weighted by atomic mass is 16.3. The van der Waals surface area contributed by atoms with Crippen LogP contribution in [-0.2, 0) is 22.4 Å². The summed E-state index contributed by atoms with van der Waals surface area (Å²) >= 11 is 0. The van der Waals surface area contributed by atoms with E-state index >= 15 is 0 Å². The molecule has 0 saturated heterocycles. The van der Waals surface area contributed by atoms with E-state index in [1.807, 2.05) is 61.5 Å². The Morgan fingerprint density at radius 1 is 1.00 bits per heavy atom. The van der Waals surface area contributed by atoms with E-state index < -0.39 is 17.7 Å². The van der Waals surface area contributed by atoms with Crippen molar-refractivity contribution in [3.63, 3.8) is 0 Å². The Bertz CT molecular complexity index is 868. The number of Topliss-reactive ketones (excluding diaryl/α,β-unsaturated/α-hetero) is 1. The second kappa shape index (κ2) is 8.87. The maximum Gasteiger partial charge on any atom is 0.290 e. The maximum absolute atomic E-state index is 13.0. The van der Waals surface area contributed by atoms with Crippen LogP contribution in [0.15, 0.2) is 65.9 Å². The summed E-state index contributed by atoms with van der Waals surface area (Å²) in [7, 11) is 0. The number of hydrogen-bond acceptors (Lipinski definition) is 3. The summed E-state index contributed by atoms with van der Waals surface area (Å²) in [6.45, 7) is 4.57. The molecule has 1 aliphatic heterocycles. The van der Waals surface area contributed by atoms with E-state index in [1.54, 1.807) is 4.90 Å². The number of aryl methyl sites for hydroxylation is 2. The quantitative estimate of drug-likeness (QED) is 0.734. The summed E-state index contributed by atoms with van der Waals surface area (Å²) in [5.74, 6) is -1.01. The first kappa shape index (κ1) is 19.9. The number of amides is 1. The summed E-state index contributed by atoms with van der Waals surface area (Å²) in [6, 6.07) is 17.2. The molecule has 0 spiro atoms. The molecule has 0 fully saturated rings. The Morgan fingerprint density at radius 3 is 2.29 bits per heavy atom. The molecule has 28 heavy (non-hydrogen) atoms. The second-order valence-corrected chi connectivity index (χ2v) is 7.17. The monoisotopic (exact) mass is 377 g/mol. The maximum atomic E-state index is 13.0. The summed E-state index contributed by atoms with van der Waals surface area (Å²) in [5, 5.41) is 10.5. The molecule has 146 valence electrons. The SMILES string of the molecule is CCCN1C(=O)C(O)=C(C(=O)CCc2ccccc2)C1c1ccc(CC)cc1. The first-order valence-corrected chi connectivity index (χ1v) is 9.96. The van der Waals surface area contributed by atoms with Crippen LogP contribution in [-0.4, -0.2) is 28.2 Å². The molecule has 1 aliphatic rings. The van der Waals surface area contributed by atoms with Crippen molar-refractivity contribution in [3.05, 3.63) is 82.6 Å². The van der Waals surface area contributed by atoms with Gasteiger partial charge in [0.2, 0.25) is 0 Å². The van der Waals surface area contributed by atoms with Gasteiger partial charge in [-0.15, -0.1) is 0 Å². The molecule has 2 aromatic carbocycles. The minimum atomic E-state index is -0.512. The van der Waals surface area contributed by atoms with Gasteiger partial charge in [0.1, 0.15) is 0 Å². The van der Waals surface area contributed by atoms with Gasteiger partial charge in [-0.25, -0.2) is 0 Å². The Kier molecular flexibility index (Phi) is 6.30. The molecule has 1 N–H and O–H groups in total. The molecule has 3 rings (SSSR count). The highest BCUT2D eigenvalue weighted by Gasteiger charge is 2.42. The van der Waals surface area contributed by atoms with E-state index in [9.17, 15) is 14.7 Å². The standard InChI is InChI=1S/C24H27NO3/c1-3-16-25-22(19-13-10-17(4-2)11-14-19)21(23(27)24(25)28)20(26)15-12-18-8-6-5-7-9-18/h5-11,13-14,22,27H,3-4,12,15-16H2,1-2H3. The number of aliphatic hydroxyl groups excluding tert-OH is 1. The third-order valence-corrected chi connectivity index (χ3v) is 5.26. The van der Waals surface area contributed by atoms with Crippen molar-refractivity contribution >= 4 is 11.7 Å². The molecule has 0 aliphatic carbocycles. The molecule has 1 unspecified atom stereocenters. The van der Waals surface area contributed by atoms with Crippen molar-refractivity contribution in [1.82, 2.24) is 4.90 Å². The van der Waals surface area contributed by atoms with Crippen LogP contribution in [0.5, 0.6) is 0 Å². The number of rotatable bonds is 8. The normalized spacial score (nSPS) is 16.7. The van der Waals surface area contributed by atoms with Crippen molar-refractivity contribution < 1.29 is 14.7 Å². The van der Waals surface area contributed by atoms with E-state index in [2.05, 4.69) is 6.92 Å². The molecule has 1 amide bonds. The van der Waals surface area contributed by atoms with Crippen LogP contribution in [0.3, 0.4) is 0 Å². The Hall–Kier alpha value is -2.88. The van der Waals surface area contributed by atoms with Crippen molar-refractivity contribution in [2.24, 2.45) is 0 Å². The van der Waals surface area contributed by atoms with Crippen LogP contribution in [0.1, 0.15) is 49.4 Å². The van der Waals surface area contributed by atoms with Crippen molar-refractivity contribution in [3.8, 4) is 0 Å². The number of aliphatic hydroxyl groups is 1. The van der Waals surface area contributed by atoms with Gasteiger partial charge in [0, 0.05) is 13.0 Å². The van der Waals surface area contributed by atoms with Gasteiger partial charge in [-0.05, 0) is 36.0 Å². The highest BCUT2D eigenvalue weighted by Crippen LogP contribution is 2.38. The lowest BCUT2D eigenvalue weighted by atomic mass is 9.92. The highest BCUT2D eigenvalue weighted by molar-refractivity contribution is 6.09. The number of ketones is 1. The average Bonchev–Trinajstić information content (AvgIpc) is 2.98. The molecular formula is C24H27NO3. The number of nitrogens with zero attached hydrogens (tertiary/aromatic N) is 1. The van der Waals surface area contributed by atoms with Gasteiger partial charge in [0.15, 0.2) is 11.5 Å². The van der Waals surface area contributed by atoms with E-state index in [1.165, 1.54) is 5.56 Å². The van der Waals surface area contributed by atoms with Crippen LogP contribution in [0.2, 0.25) is 0 Å². The minimum absolute atomic E-state index is 0.169. The summed E-state index contributed by atoms with van der Waals surface area (Å²) in [5.41, 5.74) is 3.36. The van der Waals surface area contributed by atoms with Gasteiger partial charge in [0.05, 0.1) is 11.6 Å². The molecular weight excluding hydrogens is 350 g/mol. The Balaban J connectivity index is 1.90. The molecule has 4 nitrogen and oxygen atoms in total. The largest absolute Gasteiger partial charge is 0.503 e. The molecule has 0 saturated carbocycles. The zero-order valence-electron chi connectivity index (χ0n) is 16.5. The second-order valence-electron chi connectivity index (χ2n) is 7.17. The van der Waals surface area contributed by atoms with E-state index in [0.717, 1.165) is 24.0 Å². The predicted molar refractivity (Wildman–Crippen MR) is 110 cm³/mol. The van der Waals surface area contributed by atoms with E-state index in [0.29, 0.717) is 13.0 Å². The lowest BCUT2D eigenvalue weighted by Gasteiger charge is -2.26. The molecule has 0 aromatic heterocycles. The predicted octanol–water partition coefficient (Wildman–Crippen LogP) is 4.56. The molecule has 2 aromatic rings. The summed E-state index contributed by atoms with van der Waals surface area (Å²) in [6.07, 6.45) is 2.53. The van der Waals surface area contributed by atoms with Gasteiger partial charge in [0.25, 0.3) is 5.91 Å². The number of benzene rings is 2. The molecule has 0 radical (unpaired) electrons. The van der Waals surface area contributed by atoms with Gasteiger partial charge >= 0.3 is 0 Å². The lowest BCUT2D eigenvalue weighted by Crippen LogP contribution is -2.31. The summed E-state index contributed by atoms with van der Waals surface area (Å²) in [4.78, 5) is 27.3. The van der Waals surface area contributed by atoms with Crippen molar-refractivity contribution in [2.75, 3.05) is 6.54 Å². The van der Waals surface area contributed by atoms with Gasteiger partial charge in [-0.3, -0.25) is 9.59 Å². The smallest absolute Gasteiger partial charge is 0.290 e.